The maximum absolute atomic E-state index is 13.3. The molecule has 0 amide bonds. The minimum atomic E-state index is -3.75. The zero-order valence-electron chi connectivity index (χ0n) is 13.1. The van der Waals surface area contributed by atoms with Crippen LogP contribution in [0.15, 0.2) is 63.1 Å². The number of pyridine rings is 1. The molecule has 0 unspecified atom stereocenters. The zero-order valence-corrected chi connectivity index (χ0v) is 13.9. The van der Waals surface area contributed by atoms with Crippen molar-refractivity contribution in [3.8, 4) is 0 Å². The van der Waals surface area contributed by atoms with Crippen molar-refractivity contribution in [2.24, 2.45) is 0 Å². The normalized spacial score (nSPS) is 13.7. The molecule has 4 rings (SSSR count). The summed E-state index contributed by atoms with van der Waals surface area (Å²) in [4.78, 5) is 13.0. The molecular formula is C18H16N2O3S. The first-order valence-electron chi connectivity index (χ1n) is 7.71. The molecule has 2 aromatic carbocycles. The third-order valence-electron chi connectivity index (χ3n) is 4.36. The van der Waals surface area contributed by atoms with Gasteiger partial charge in [-0.15, -0.1) is 0 Å². The molecule has 0 atom stereocenters. The maximum Gasteiger partial charge on any atom is 0.260 e. The Morgan fingerprint density at radius 2 is 1.67 bits per heavy atom. The molecular weight excluding hydrogens is 324 g/mol. The molecule has 5 nitrogen and oxygen atoms in total. The number of fused-ring (bicyclic) bond motifs is 2. The summed E-state index contributed by atoms with van der Waals surface area (Å²) in [6, 6.07) is 13.6. The van der Waals surface area contributed by atoms with Gasteiger partial charge in [-0.05, 0) is 25.1 Å². The number of rotatable bonds is 2. The van der Waals surface area contributed by atoms with E-state index in [1.807, 2.05) is 6.92 Å². The van der Waals surface area contributed by atoms with Crippen molar-refractivity contribution in [3.05, 3.63) is 64.4 Å². The van der Waals surface area contributed by atoms with E-state index in [9.17, 15) is 13.2 Å². The summed E-state index contributed by atoms with van der Waals surface area (Å²) in [5.74, 6) is 0.388. The number of aryl methyl sites for hydroxylation is 1. The maximum atomic E-state index is 13.3. The van der Waals surface area contributed by atoms with Crippen LogP contribution in [0.5, 0.6) is 0 Å². The minimum absolute atomic E-state index is 0.159. The second kappa shape index (κ2) is 5.21. The van der Waals surface area contributed by atoms with Crippen LogP contribution in [-0.2, 0) is 16.4 Å². The second-order valence-electron chi connectivity index (χ2n) is 5.92. The van der Waals surface area contributed by atoms with Gasteiger partial charge in [0.2, 0.25) is 9.84 Å². The molecule has 0 spiro atoms. The van der Waals surface area contributed by atoms with E-state index in [4.69, 9.17) is 0 Å². The third kappa shape index (κ3) is 2.06. The summed E-state index contributed by atoms with van der Waals surface area (Å²) in [6.07, 6.45) is 0. The van der Waals surface area contributed by atoms with Crippen LogP contribution in [0.3, 0.4) is 0 Å². The highest BCUT2D eigenvalue weighted by molar-refractivity contribution is 7.92. The van der Waals surface area contributed by atoms with Crippen LogP contribution in [0, 0.1) is 6.92 Å². The van der Waals surface area contributed by atoms with Crippen LogP contribution in [0.4, 0.5) is 5.82 Å². The van der Waals surface area contributed by atoms with Gasteiger partial charge in [0.05, 0.1) is 4.90 Å². The number of hydrogen-bond acceptors (Lipinski definition) is 4. The summed E-state index contributed by atoms with van der Waals surface area (Å²) in [5.41, 5.74) is 0.833. The first-order chi connectivity index (χ1) is 11.5. The summed E-state index contributed by atoms with van der Waals surface area (Å²) in [5, 5.41) is 3.96. The van der Waals surface area contributed by atoms with E-state index in [2.05, 4.69) is 5.32 Å². The Balaban J connectivity index is 2.12. The van der Waals surface area contributed by atoms with Gasteiger partial charge in [0.1, 0.15) is 10.7 Å². The van der Waals surface area contributed by atoms with Crippen molar-refractivity contribution < 1.29 is 8.42 Å². The molecule has 3 aromatic rings. The van der Waals surface area contributed by atoms with E-state index in [1.54, 1.807) is 48.5 Å². The average molecular weight is 340 g/mol. The van der Waals surface area contributed by atoms with Gasteiger partial charge in [-0.1, -0.05) is 35.9 Å². The van der Waals surface area contributed by atoms with E-state index in [0.717, 1.165) is 5.56 Å². The first kappa shape index (κ1) is 15.0. The molecule has 0 bridgehead atoms. The quantitative estimate of drug-likeness (QED) is 0.778. The smallest absolute Gasteiger partial charge is 0.260 e. The van der Waals surface area contributed by atoms with Gasteiger partial charge < -0.3 is 5.32 Å². The lowest BCUT2D eigenvalue weighted by Crippen LogP contribution is -2.21. The third-order valence-corrected chi connectivity index (χ3v) is 6.20. The number of aromatic nitrogens is 1. The predicted molar refractivity (Wildman–Crippen MR) is 93.3 cm³/mol. The van der Waals surface area contributed by atoms with Gasteiger partial charge in [0, 0.05) is 23.9 Å². The van der Waals surface area contributed by atoms with Crippen molar-refractivity contribution >= 4 is 26.4 Å². The van der Waals surface area contributed by atoms with Gasteiger partial charge in [-0.2, -0.15) is 0 Å². The van der Waals surface area contributed by atoms with Crippen LogP contribution < -0.4 is 10.9 Å². The summed E-state index contributed by atoms with van der Waals surface area (Å²) >= 11 is 0. The Morgan fingerprint density at radius 3 is 2.38 bits per heavy atom. The molecule has 1 aromatic heterocycles. The Kier molecular flexibility index (Phi) is 3.25. The van der Waals surface area contributed by atoms with Gasteiger partial charge in [-0.25, -0.2) is 8.42 Å². The van der Waals surface area contributed by atoms with Crippen molar-refractivity contribution in [3.63, 3.8) is 0 Å². The lowest BCUT2D eigenvalue weighted by Gasteiger charge is -2.14. The van der Waals surface area contributed by atoms with Crippen LogP contribution >= 0.6 is 0 Å². The van der Waals surface area contributed by atoms with Crippen LogP contribution in [-0.4, -0.2) is 19.5 Å². The lowest BCUT2D eigenvalue weighted by molar-refractivity contribution is 0.596. The fourth-order valence-electron chi connectivity index (χ4n) is 3.15. The number of sulfone groups is 1. The molecule has 0 saturated carbocycles. The zero-order chi connectivity index (χ0) is 16.9. The summed E-state index contributed by atoms with van der Waals surface area (Å²) < 4.78 is 28.1. The topological polar surface area (TPSA) is 68.2 Å². The van der Waals surface area contributed by atoms with E-state index >= 15 is 0 Å². The van der Waals surface area contributed by atoms with Crippen LogP contribution in [0.2, 0.25) is 0 Å². The van der Waals surface area contributed by atoms with Gasteiger partial charge in [-0.3, -0.25) is 9.36 Å². The molecule has 1 N–H and O–H groups in total. The van der Waals surface area contributed by atoms with E-state index in [-0.39, 0.29) is 15.4 Å². The van der Waals surface area contributed by atoms with Crippen LogP contribution in [0.1, 0.15) is 5.56 Å². The summed E-state index contributed by atoms with van der Waals surface area (Å²) in [6.45, 7) is 2.92. The summed E-state index contributed by atoms with van der Waals surface area (Å²) in [7, 11) is -3.75. The average Bonchev–Trinajstić information content (AvgIpc) is 3.05. The van der Waals surface area contributed by atoms with E-state index in [1.165, 1.54) is 4.57 Å². The van der Waals surface area contributed by atoms with Gasteiger partial charge >= 0.3 is 0 Å². The standard InChI is InChI=1S/C18H16N2O3S/c1-12-6-8-13(9-7-12)24(22,23)16-14-4-2-3-5-15(14)18(21)20-11-10-19-17(16)20/h2-9,19H,10-11H2,1H3. The molecule has 0 radical (unpaired) electrons. The Hall–Kier alpha value is -2.60. The fourth-order valence-corrected chi connectivity index (χ4v) is 4.78. The molecule has 0 saturated heterocycles. The largest absolute Gasteiger partial charge is 0.368 e. The highest BCUT2D eigenvalue weighted by atomic mass is 32.2. The predicted octanol–water partition coefficient (Wildman–Crippen LogP) is 2.57. The van der Waals surface area contributed by atoms with Crippen molar-refractivity contribution in [1.82, 2.24) is 4.57 Å². The number of benzene rings is 2. The van der Waals surface area contributed by atoms with Crippen LogP contribution in [0.25, 0.3) is 10.8 Å². The van der Waals surface area contributed by atoms with Gasteiger partial charge in [0.25, 0.3) is 5.56 Å². The number of anilines is 1. The number of hydrogen-bond donors (Lipinski definition) is 1. The molecule has 2 heterocycles. The molecule has 122 valence electrons. The van der Waals surface area contributed by atoms with E-state index in [0.29, 0.717) is 29.7 Å². The Bertz CT molecular complexity index is 1110. The molecule has 6 heteroatoms. The number of nitrogens with zero attached hydrogens (tertiary/aromatic N) is 1. The molecule has 1 aliphatic rings. The highest BCUT2D eigenvalue weighted by Crippen LogP contribution is 2.34. The van der Waals surface area contributed by atoms with Crippen molar-refractivity contribution in [2.75, 3.05) is 11.9 Å². The Morgan fingerprint density at radius 1 is 1.00 bits per heavy atom. The fraction of sp³-hybridized carbons (Fsp3) is 0.167. The molecule has 24 heavy (non-hydrogen) atoms. The number of nitrogens with one attached hydrogen (secondary N) is 1. The SMILES string of the molecule is Cc1ccc(S(=O)(=O)c2c3n(c(=O)c4ccccc24)CCN3)cc1. The Labute approximate surface area is 139 Å². The van der Waals surface area contributed by atoms with Crippen molar-refractivity contribution in [2.45, 2.75) is 23.3 Å². The highest BCUT2D eigenvalue weighted by Gasteiger charge is 2.29. The minimum Gasteiger partial charge on any atom is -0.368 e. The van der Waals surface area contributed by atoms with Gasteiger partial charge in [0.15, 0.2) is 0 Å². The molecule has 0 fully saturated rings. The molecule has 0 aliphatic carbocycles. The van der Waals surface area contributed by atoms with E-state index < -0.39 is 9.84 Å². The van der Waals surface area contributed by atoms with Crippen molar-refractivity contribution in [1.29, 1.82) is 0 Å². The molecule has 1 aliphatic heterocycles. The monoisotopic (exact) mass is 340 g/mol. The first-order valence-corrected chi connectivity index (χ1v) is 9.19. The second-order valence-corrected chi connectivity index (χ2v) is 7.81. The lowest BCUT2D eigenvalue weighted by atomic mass is 10.1.